The fourth-order valence-corrected chi connectivity index (χ4v) is 4.86. The summed E-state index contributed by atoms with van der Waals surface area (Å²) in [6, 6.07) is 18.3. The third kappa shape index (κ3) is 5.02. The number of hydrogen-bond donors (Lipinski definition) is 0. The molecule has 6 nitrogen and oxygen atoms in total. The Hall–Kier alpha value is -3.12. The van der Waals surface area contributed by atoms with Crippen LogP contribution >= 0.6 is 0 Å². The van der Waals surface area contributed by atoms with Gasteiger partial charge in [0.1, 0.15) is 5.76 Å². The van der Waals surface area contributed by atoms with Crippen molar-refractivity contribution in [1.82, 2.24) is 14.8 Å². The predicted molar refractivity (Wildman–Crippen MR) is 135 cm³/mol. The minimum Gasteiger partial charge on any atom is -0.441 e. The molecule has 0 radical (unpaired) electrons. The summed E-state index contributed by atoms with van der Waals surface area (Å²) >= 11 is 0. The SMILES string of the molecule is Cc1oc(-c2ccc(C(=O)N3CCC(C)CC3)cc2)nc1CN1CCN(c2ccccc2)CC1. The minimum absolute atomic E-state index is 0.123. The highest BCUT2D eigenvalue weighted by Gasteiger charge is 2.23. The van der Waals surface area contributed by atoms with Crippen molar-refractivity contribution in [3.8, 4) is 11.5 Å². The highest BCUT2D eigenvalue weighted by molar-refractivity contribution is 5.94. The van der Waals surface area contributed by atoms with Crippen molar-refractivity contribution in [2.75, 3.05) is 44.2 Å². The topological polar surface area (TPSA) is 52.8 Å². The Morgan fingerprint density at radius 2 is 1.62 bits per heavy atom. The van der Waals surface area contributed by atoms with E-state index in [9.17, 15) is 4.79 Å². The van der Waals surface area contributed by atoms with Gasteiger partial charge >= 0.3 is 0 Å². The molecule has 0 atom stereocenters. The van der Waals surface area contributed by atoms with Crippen LogP contribution in [0.1, 0.15) is 41.6 Å². The van der Waals surface area contributed by atoms with Crippen molar-refractivity contribution in [3.63, 3.8) is 0 Å². The van der Waals surface area contributed by atoms with Gasteiger partial charge in [-0.3, -0.25) is 9.69 Å². The summed E-state index contributed by atoms with van der Waals surface area (Å²) in [6.07, 6.45) is 2.17. The number of nitrogens with zero attached hydrogens (tertiary/aromatic N) is 4. The van der Waals surface area contributed by atoms with Gasteiger partial charge in [0.25, 0.3) is 5.91 Å². The van der Waals surface area contributed by atoms with Crippen molar-refractivity contribution in [2.45, 2.75) is 33.2 Å². The van der Waals surface area contributed by atoms with Gasteiger partial charge in [-0.05, 0) is 62.1 Å². The predicted octanol–water partition coefficient (Wildman–Crippen LogP) is 4.84. The zero-order chi connectivity index (χ0) is 23.5. The molecule has 1 aromatic heterocycles. The van der Waals surface area contributed by atoms with Gasteiger partial charge in [0.05, 0.1) is 5.69 Å². The zero-order valence-corrected chi connectivity index (χ0v) is 20.2. The van der Waals surface area contributed by atoms with E-state index in [4.69, 9.17) is 9.40 Å². The number of likely N-dealkylation sites (tertiary alicyclic amines) is 1. The lowest BCUT2D eigenvalue weighted by atomic mass is 9.98. The summed E-state index contributed by atoms with van der Waals surface area (Å²) in [5.74, 6) is 2.32. The molecule has 2 saturated heterocycles. The van der Waals surface area contributed by atoms with Gasteiger partial charge < -0.3 is 14.2 Å². The van der Waals surface area contributed by atoms with Gasteiger partial charge in [-0.25, -0.2) is 4.98 Å². The Balaban J connectivity index is 1.19. The number of carbonyl (C=O) groups excluding carboxylic acids is 1. The van der Waals surface area contributed by atoms with Gasteiger partial charge in [0.15, 0.2) is 0 Å². The van der Waals surface area contributed by atoms with Crippen LogP contribution in [0.15, 0.2) is 59.0 Å². The van der Waals surface area contributed by atoms with Crippen LogP contribution in [0, 0.1) is 12.8 Å². The summed E-state index contributed by atoms with van der Waals surface area (Å²) < 4.78 is 6.02. The van der Waals surface area contributed by atoms with Crippen LogP contribution in [0.25, 0.3) is 11.5 Å². The Morgan fingerprint density at radius 1 is 0.941 bits per heavy atom. The smallest absolute Gasteiger partial charge is 0.253 e. The zero-order valence-electron chi connectivity index (χ0n) is 20.2. The standard InChI is InChI=1S/C28H34N4O2/c1-21-12-14-32(15-13-21)28(33)24-10-8-23(9-11-24)27-29-26(22(2)34-27)20-30-16-18-31(19-17-30)25-6-4-3-5-7-25/h3-11,21H,12-20H2,1-2H3. The van der Waals surface area contributed by atoms with E-state index >= 15 is 0 Å². The molecule has 1 amide bonds. The Labute approximate surface area is 202 Å². The molecule has 0 bridgehead atoms. The van der Waals surface area contributed by atoms with E-state index in [-0.39, 0.29) is 5.91 Å². The third-order valence-electron chi connectivity index (χ3n) is 7.21. The van der Waals surface area contributed by atoms with Crippen molar-refractivity contribution >= 4 is 11.6 Å². The molecule has 178 valence electrons. The van der Waals surface area contributed by atoms with Crippen molar-refractivity contribution in [3.05, 3.63) is 71.6 Å². The quantitative estimate of drug-likeness (QED) is 0.547. The molecule has 3 aromatic rings. The van der Waals surface area contributed by atoms with E-state index < -0.39 is 0 Å². The number of aromatic nitrogens is 1. The molecule has 2 aliphatic heterocycles. The van der Waals surface area contributed by atoms with E-state index in [1.807, 2.05) is 36.1 Å². The van der Waals surface area contributed by atoms with Crippen molar-refractivity contribution in [2.24, 2.45) is 5.92 Å². The number of anilines is 1. The molecule has 5 rings (SSSR count). The summed E-state index contributed by atoms with van der Waals surface area (Å²) in [5, 5.41) is 0. The molecule has 2 aromatic carbocycles. The summed E-state index contributed by atoms with van der Waals surface area (Å²) in [7, 11) is 0. The van der Waals surface area contributed by atoms with E-state index in [1.54, 1.807) is 0 Å². The molecule has 2 aliphatic rings. The fraction of sp³-hybridized carbons (Fsp3) is 0.429. The number of piperidine rings is 1. The maximum atomic E-state index is 12.8. The van der Waals surface area contributed by atoms with E-state index in [0.717, 1.165) is 81.2 Å². The lowest BCUT2D eigenvalue weighted by molar-refractivity contribution is 0.0697. The summed E-state index contributed by atoms with van der Waals surface area (Å²) in [4.78, 5) is 24.5. The maximum Gasteiger partial charge on any atom is 0.253 e. The molecular weight excluding hydrogens is 424 g/mol. The molecule has 0 N–H and O–H groups in total. The van der Waals surface area contributed by atoms with Crippen LogP contribution in [-0.2, 0) is 6.54 Å². The number of amides is 1. The lowest BCUT2D eigenvalue weighted by Gasteiger charge is -2.35. The Kier molecular flexibility index (Phi) is 6.68. The number of rotatable bonds is 5. The van der Waals surface area contributed by atoms with Gasteiger partial charge in [-0.15, -0.1) is 0 Å². The monoisotopic (exact) mass is 458 g/mol. The second kappa shape index (κ2) is 10.0. The van der Waals surface area contributed by atoms with Crippen LogP contribution < -0.4 is 4.90 Å². The van der Waals surface area contributed by atoms with Crippen molar-refractivity contribution in [1.29, 1.82) is 0 Å². The first-order valence-corrected chi connectivity index (χ1v) is 12.4. The fourth-order valence-electron chi connectivity index (χ4n) is 4.86. The van der Waals surface area contributed by atoms with Crippen LogP contribution in [0.2, 0.25) is 0 Å². The first kappa shape index (κ1) is 22.7. The van der Waals surface area contributed by atoms with Gasteiger partial charge in [0, 0.05) is 62.6 Å². The van der Waals surface area contributed by atoms with Crippen LogP contribution in [0.5, 0.6) is 0 Å². The maximum absolute atomic E-state index is 12.8. The lowest BCUT2D eigenvalue weighted by Crippen LogP contribution is -2.46. The largest absolute Gasteiger partial charge is 0.441 e. The molecule has 0 spiro atoms. The number of carbonyl (C=O) groups is 1. The van der Waals surface area contributed by atoms with Crippen LogP contribution in [-0.4, -0.2) is 60.0 Å². The van der Waals surface area contributed by atoms with E-state index in [2.05, 4.69) is 47.1 Å². The van der Waals surface area contributed by atoms with Gasteiger partial charge in [-0.2, -0.15) is 0 Å². The Bertz CT molecular complexity index is 1090. The normalized spacial score (nSPS) is 17.8. The molecule has 0 unspecified atom stereocenters. The average Bonchev–Trinajstić information content (AvgIpc) is 3.25. The molecule has 6 heteroatoms. The third-order valence-corrected chi connectivity index (χ3v) is 7.21. The second-order valence-electron chi connectivity index (χ2n) is 9.67. The van der Waals surface area contributed by atoms with E-state index in [1.165, 1.54) is 5.69 Å². The number of oxazole rings is 1. The number of para-hydroxylation sites is 1. The molecule has 2 fully saturated rings. The average molecular weight is 459 g/mol. The Morgan fingerprint density at radius 3 is 2.29 bits per heavy atom. The summed E-state index contributed by atoms with van der Waals surface area (Å²) in [5.41, 5.74) is 3.93. The van der Waals surface area contributed by atoms with Gasteiger partial charge in [-0.1, -0.05) is 25.1 Å². The molecule has 3 heterocycles. The molecular formula is C28H34N4O2. The number of hydrogen-bond acceptors (Lipinski definition) is 5. The summed E-state index contributed by atoms with van der Waals surface area (Å²) in [6.45, 7) is 10.8. The number of aryl methyl sites for hydroxylation is 1. The molecule has 0 aliphatic carbocycles. The number of piperazine rings is 1. The van der Waals surface area contributed by atoms with Gasteiger partial charge in [0.2, 0.25) is 5.89 Å². The second-order valence-corrected chi connectivity index (χ2v) is 9.67. The minimum atomic E-state index is 0.123. The number of benzene rings is 2. The van der Waals surface area contributed by atoms with Crippen LogP contribution in [0.4, 0.5) is 5.69 Å². The highest BCUT2D eigenvalue weighted by atomic mass is 16.4. The van der Waals surface area contributed by atoms with Crippen LogP contribution in [0.3, 0.4) is 0 Å². The van der Waals surface area contributed by atoms with E-state index in [0.29, 0.717) is 11.8 Å². The first-order chi connectivity index (χ1) is 16.6. The van der Waals surface area contributed by atoms with Crippen molar-refractivity contribution < 1.29 is 9.21 Å². The molecule has 34 heavy (non-hydrogen) atoms. The first-order valence-electron chi connectivity index (χ1n) is 12.4. The molecule has 0 saturated carbocycles. The highest BCUT2D eigenvalue weighted by Crippen LogP contribution is 2.25.